The van der Waals surface area contributed by atoms with Gasteiger partial charge in [0, 0.05) is 11.9 Å². The Morgan fingerprint density at radius 3 is 2.42 bits per heavy atom. The Morgan fingerprint density at radius 1 is 1.16 bits per heavy atom. The topological polar surface area (TPSA) is 184 Å². The summed E-state index contributed by atoms with van der Waals surface area (Å²) in [5.41, 5.74) is 6.17. The monoisotopic (exact) mass is 453 g/mol. The highest BCUT2D eigenvalue weighted by atomic mass is 32.1. The molecule has 12 heteroatoms. The van der Waals surface area contributed by atoms with Crippen molar-refractivity contribution in [3.8, 4) is 16.2 Å². The lowest BCUT2D eigenvalue weighted by atomic mass is 9.99. The van der Waals surface area contributed by atoms with Crippen LogP contribution in [-0.4, -0.2) is 76.7 Å². The van der Waals surface area contributed by atoms with E-state index < -0.39 is 43.3 Å². The summed E-state index contributed by atoms with van der Waals surface area (Å²) < 4.78 is 10.9. The van der Waals surface area contributed by atoms with E-state index in [1.165, 1.54) is 7.05 Å². The molecule has 1 aliphatic heterocycles. The van der Waals surface area contributed by atoms with Crippen LogP contribution in [0.4, 0.5) is 10.5 Å². The van der Waals surface area contributed by atoms with Crippen molar-refractivity contribution in [3.63, 3.8) is 0 Å². The number of anilines is 1. The molecule has 168 valence electrons. The van der Waals surface area contributed by atoms with Crippen molar-refractivity contribution in [2.45, 2.75) is 30.7 Å². The average Bonchev–Trinajstić information content (AvgIpc) is 3.17. The molecule has 31 heavy (non-hydrogen) atoms. The Hall–Kier alpha value is -2.74. The molecule has 3 amide bonds. The summed E-state index contributed by atoms with van der Waals surface area (Å²) in [6.07, 6.45) is -6.91. The fourth-order valence-electron chi connectivity index (χ4n) is 3.04. The number of aliphatic hydroxyl groups excluding tert-OH is 4. The van der Waals surface area contributed by atoms with Gasteiger partial charge in [-0.2, -0.15) is 0 Å². The van der Waals surface area contributed by atoms with Crippen molar-refractivity contribution in [3.05, 3.63) is 35.2 Å². The van der Waals surface area contributed by atoms with Crippen LogP contribution in [0.3, 0.4) is 0 Å². The van der Waals surface area contributed by atoms with E-state index in [1.807, 2.05) is 0 Å². The van der Waals surface area contributed by atoms with E-state index in [1.54, 1.807) is 30.3 Å². The molecule has 2 aromatic rings. The smallest absolute Gasteiger partial charge is 0.316 e. The van der Waals surface area contributed by atoms with E-state index >= 15 is 0 Å². The van der Waals surface area contributed by atoms with Crippen LogP contribution in [0.2, 0.25) is 0 Å². The molecule has 8 N–H and O–H groups in total. The zero-order valence-corrected chi connectivity index (χ0v) is 17.2. The average molecular weight is 453 g/mol. The van der Waals surface area contributed by atoms with Gasteiger partial charge in [0.15, 0.2) is 0 Å². The summed E-state index contributed by atoms with van der Waals surface area (Å²) in [5.74, 6) is -0.0748. The van der Waals surface area contributed by atoms with Crippen LogP contribution < -0.4 is 21.1 Å². The quantitative estimate of drug-likeness (QED) is 0.304. The number of nitrogens with two attached hydrogens (primary N) is 1. The van der Waals surface area contributed by atoms with E-state index in [0.29, 0.717) is 16.2 Å². The van der Waals surface area contributed by atoms with Crippen LogP contribution in [0.15, 0.2) is 30.3 Å². The van der Waals surface area contributed by atoms with Crippen molar-refractivity contribution in [1.29, 1.82) is 0 Å². The van der Waals surface area contributed by atoms with Crippen LogP contribution in [0.25, 0.3) is 10.4 Å². The molecule has 1 aliphatic rings. The van der Waals surface area contributed by atoms with Gasteiger partial charge < -0.3 is 46.3 Å². The largest absolute Gasteiger partial charge is 0.462 e. The highest BCUT2D eigenvalue weighted by Crippen LogP contribution is 2.36. The van der Waals surface area contributed by atoms with Crippen molar-refractivity contribution < 1.29 is 39.5 Å². The zero-order chi connectivity index (χ0) is 22.7. The number of carbonyl (C=O) groups is 2. The summed E-state index contributed by atoms with van der Waals surface area (Å²) in [6, 6.07) is 7.36. The van der Waals surface area contributed by atoms with Crippen molar-refractivity contribution >= 4 is 29.0 Å². The van der Waals surface area contributed by atoms with Gasteiger partial charge in [0.2, 0.25) is 6.29 Å². The molecular weight excluding hydrogens is 430 g/mol. The molecule has 5 unspecified atom stereocenters. The normalized spacial score (nSPS) is 25.6. The summed E-state index contributed by atoms with van der Waals surface area (Å²) in [6.45, 7) is -0.558. The molecule has 11 nitrogen and oxygen atoms in total. The summed E-state index contributed by atoms with van der Waals surface area (Å²) in [4.78, 5) is 24.2. The minimum Gasteiger partial charge on any atom is -0.462 e. The number of primary amides is 1. The van der Waals surface area contributed by atoms with E-state index in [-0.39, 0.29) is 16.5 Å². The number of thiophene rings is 1. The fourth-order valence-corrected chi connectivity index (χ4v) is 4.10. The Bertz CT molecular complexity index is 933. The number of nitrogens with one attached hydrogen (secondary N) is 2. The van der Waals surface area contributed by atoms with E-state index in [4.69, 9.17) is 15.2 Å². The molecular formula is C19H23N3O8S. The highest BCUT2D eigenvalue weighted by molar-refractivity contribution is 7.18. The van der Waals surface area contributed by atoms with Crippen molar-refractivity contribution in [1.82, 2.24) is 5.32 Å². The molecule has 1 fully saturated rings. The van der Waals surface area contributed by atoms with Gasteiger partial charge in [-0.3, -0.25) is 4.79 Å². The SMILES string of the molecule is CNC(=O)c1sc(-c2ccc(OC3OC(CO)C(O)C(O)C3O)cc2)cc1NC(N)=O. The third-order valence-corrected chi connectivity index (χ3v) is 5.85. The first-order chi connectivity index (χ1) is 14.7. The second-order valence-corrected chi connectivity index (χ2v) is 7.81. The van der Waals surface area contributed by atoms with Gasteiger partial charge in [-0.05, 0) is 35.9 Å². The van der Waals surface area contributed by atoms with Crippen LogP contribution in [0.1, 0.15) is 9.67 Å². The zero-order valence-electron chi connectivity index (χ0n) is 16.4. The molecule has 0 spiro atoms. The molecule has 1 aromatic heterocycles. The molecule has 0 radical (unpaired) electrons. The number of rotatable bonds is 6. The second kappa shape index (κ2) is 9.60. The molecule has 1 saturated heterocycles. The summed E-state index contributed by atoms with van der Waals surface area (Å²) in [7, 11) is 1.47. The van der Waals surface area contributed by atoms with Gasteiger partial charge >= 0.3 is 6.03 Å². The molecule has 2 heterocycles. The van der Waals surface area contributed by atoms with Gasteiger partial charge in [-0.1, -0.05) is 0 Å². The first kappa shape index (κ1) is 22.9. The number of hydrogen-bond acceptors (Lipinski definition) is 9. The predicted octanol–water partition coefficient (Wildman–Crippen LogP) is -0.556. The third-order valence-electron chi connectivity index (χ3n) is 4.66. The maximum Gasteiger partial charge on any atom is 0.316 e. The first-order valence-corrected chi connectivity index (χ1v) is 10.1. The van der Waals surface area contributed by atoms with Crippen LogP contribution in [0, 0.1) is 0 Å². The Kier molecular flexibility index (Phi) is 7.10. The number of urea groups is 1. The number of hydrogen-bond donors (Lipinski definition) is 7. The lowest BCUT2D eigenvalue weighted by Gasteiger charge is -2.39. The van der Waals surface area contributed by atoms with Crippen LogP contribution in [0.5, 0.6) is 5.75 Å². The minimum absolute atomic E-state index is 0.286. The van der Waals surface area contributed by atoms with Gasteiger partial charge in [-0.25, -0.2) is 4.79 Å². The van der Waals surface area contributed by atoms with E-state index in [0.717, 1.165) is 11.3 Å². The highest BCUT2D eigenvalue weighted by Gasteiger charge is 2.44. The van der Waals surface area contributed by atoms with Crippen LogP contribution >= 0.6 is 11.3 Å². The summed E-state index contributed by atoms with van der Waals surface area (Å²) in [5, 5.41) is 43.9. The fraction of sp³-hybridized carbons (Fsp3) is 0.368. The lowest BCUT2D eigenvalue weighted by molar-refractivity contribution is -0.277. The van der Waals surface area contributed by atoms with Gasteiger partial charge in [0.1, 0.15) is 35.0 Å². The minimum atomic E-state index is -1.54. The Morgan fingerprint density at radius 2 is 1.84 bits per heavy atom. The standard InChI is InChI=1S/C19H23N3O8S/c1-21-17(27)16-10(22-19(20)28)6-12(31-16)8-2-4-9(5-3-8)29-18-15(26)14(25)13(24)11(7-23)30-18/h2-6,11,13-15,18,23-26H,7H2,1H3,(H,21,27)(H3,20,22,28). The molecule has 1 aromatic carbocycles. The molecule has 0 aliphatic carbocycles. The molecule has 5 atom stereocenters. The predicted molar refractivity (Wildman–Crippen MR) is 111 cm³/mol. The molecule has 0 saturated carbocycles. The van der Waals surface area contributed by atoms with Crippen molar-refractivity contribution in [2.24, 2.45) is 5.73 Å². The van der Waals surface area contributed by atoms with Crippen molar-refractivity contribution in [2.75, 3.05) is 19.0 Å². The van der Waals surface area contributed by atoms with E-state index in [2.05, 4.69) is 10.6 Å². The van der Waals surface area contributed by atoms with Gasteiger partial charge in [0.25, 0.3) is 5.91 Å². The Labute approximate surface area is 181 Å². The number of ether oxygens (including phenoxy) is 2. The van der Waals surface area contributed by atoms with E-state index in [9.17, 15) is 30.0 Å². The maximum absolute atomic E-state index is 12.1. The third kappa shape index (κ3) is 4.95. The number of carbonyl (C=O) groups excluding carboxylic acids is 2. The first-order valence-electron chi connectivity index (χ1n) is 9.25. The molecule has 0 bridgehead atoms. The number of aliphatic hydroxyl groups is 4. The van der Waals surface area contributed by atoms with Crippen LogP contribution in [-0.2, 0) is 4.74 Å². The van der Waals surface area contributed by atoms with Gasteiger partial charge in [0.05, 0.1) is 12.3 Å². The summed E-state index contributed by atoms with van der Waals surface area (Å²) >= 11 is 1.16. The lowest BCUT2D eigenvalue weighted by Crippen LogP contribution is -2.60. The maximum atomic E-state index is 12.1. The Balaban J connectivity index is 1.78. The number of amides is 3. The second-order valence-electron chi connectivity index (χ2n) is 6.76. The van der Waals surface area contributed by atoms with Gasteiger partial charge in [-0.15, -0.1) is 11.3 Å². The number of benzene rings is 1. The molecule has 3 rings (SSSR count).